The second kappa shape index (κ2) is 8.77. The van der Waals surface area contributed by atoms with Crippen LogP contribution in [-0.4, -0.2) is 28.5 Å². The summed E-state index contributed by atoms with van der Waals surface area (Å²) in [5.41, 5.74) is 1.97. The molecule has 2 aromatic carbocycles. The van der Waals surface area contributed by atoms with Gasteiger partial charge in [-0.1, -0.05) is 24.3 Å². The smallest absolute Gasteiger partial charge is 0.276 e. The summed E-state index contributed by atoms with van der Waals surface area (Å²) in [6.07, 6.45) is 0. The number of hydrogen-bond donors (Lipinski definition) is 2. The van der Waals surface area contributed by atoms with Crippen molar-refractivity contribution < 1.29 is 14.3 Å². The Labute approximate surface area is 162 Å². The average molecular weight is 376 g/mol. The van der Waals surface area contributed by atoms with Crippen molar-refractivity contribution >= 4 is 28.9 Å². The van der Waals surface area contributed by atoms with Crippen LogP contribution in [-0.2, 0) is 0 Å². The van der Waals surface area contributed by atoms with Crippen LogP contribution in [0.15, 0.2) is 60.7 Å². The summed E-state index contributed by atoms with van der Waals surface area (Å²) in [7, 11) is 0. The van der Waals surface area contributed by atoms with Crippen LogP contribution in [0.4, 0.5) is 17.2 Å². The zero-order valence-electron chi connectivity index (χ0n) is 15.6. The molecule has 0 unspecified atom stereocenters. The maximum Gasteiger partial charge on any atom is 0.276 e. The fourth-order valence-corrected chi connectivity index (χ4v) is 2.52. The first-order chi connectivity index (χ1) is 13.6. The lowest BCUT2D eigenvalue weighted by Gasteiger charge is -2.11. The Morgan fingerprint density at radius 3 is 2.54 bits per heavy atom. The summed E-state index contributed by atoms with van der Waals surface area (Å²) in [6, 6.07) is 17.5. The molecule has 0 aliphatic rings. The molecule has 1 aromatic heterocycles. The number of ether oxygens (including phenoxy) is 1. The van der Waals surface area contributed by atoms with Gasteiger partial charge in [0.05, 0.1) is 12.3 Å². The summed E-state index contributed by atoms with van der Waals surface area (Å²) in [5, 5.41) is 13.9. The quantitative estimate of drug-likeness (QED) is 0.604. The molecule has 1 amide bonds. The molecule has 7 nitrogen and oxygen atoms in total. The Morgan fingerprint density at radius 1 is 1.00 bits per heavy atom. The molecule has 3 aromatic rings. The Balaban J connectivity index is 1.70. The molecule has 0 radical (unpaired) electrons. The first kappa shape index (κ1) is 19.0. The predicted octanol–water partition coefficient (Wildman–Crippen LogP) is 4.07. The van der Waals surface area contributed by atoms with Gasteiger partial charge in [-0.2, -0.15) is 0 Å². The van der Waals surface area contributed by atoms with Gasteiger partial charge < -0.3 is 15.4 Å². The molecule has 142 valence electrons. The zero-order valence-corrected chi connectivity index (χ0v) is 15.6. The van der Waals surface area contributed by atoms with Crippen molar-refractivity contribution in [1.29, 1.82) is 0 Å². The first-order valence-electron chi connectivity index (χ1n) is 8.81. The van der Waals surface area contributed by atoms with Crippen LogP contribution in [0.25, 0.3) is 0 Å². The van der Waals surface area contributed by atoms with Gasteiger partial charge in [0.25, 0.3) is 5.91 Å². The molecule has 0 aliphatic carbocycles. The summed E-state index contributed by atoms with van der Waals surface area (Å²) in [6.45, 7) is 3.94. The van der Waals surface area contributed by atoms with Gasteiger partial charge in [0.1, 0.15) is 5.75 Å². The molecule has 0 aliphatic heterocycles. The van der Waals surface area contributed by atoms with Crippen molar-refractivity contribution in [3.8, 4) is 5.75 Å². The van der Waals surface area contributed by atoms with E-state index in [1.807, 2.05) is 31.2 Å². The number of amides is 1. The third-order valence-electron chi connectivity index (χ3n) is 3.87. The zero-order chi connectivity index (χ0) is 19.9. The SMILES string of the molecule is CCOc1ccccc1Nc1ccc(C(=O)Nc2cccc(C(C)=O)c2)nn1. The molecule has 0 spiro atoms. The van der Waals surface area contributed by atoms with Crippen LogP contribution < -0.4 is 15.4 Å². The minimum atomic E-state index is -0.408. The van der Waals surface area contributed by atoms with Gasteiger partial charge in [-0.25, -0.2) is 0 Å². The van der Waals surface area contributed by atoms with Crippen molar-refractivity contribution in [3.63, 3.8) is 0 Å². The van der Waals surface area contributed by atoms with Crippen LogP contribution in [0, 0.1) is 0 Å². The van der Waals surface area contributed by atoms with Gasteiger partial charge >= 0.3 is 0 Å². The van der Waals surface area contributed by atoms with E-state index in [0.29, 0.717) is 29.4 Å². The number of Topliss-reactive ketones (excluding diaryl/α,β-unsaturated/α-hetero) is 1. The maximum absolute atomic E-state index is 12.4. The fraction of sp³-hybridized carbons (Fsp3) is 0.143. The Morgan fingerprint density at radius 2 is 1.82 bits per heavy atom. The molecule has 3 rings (SSSR count). The normalized spacial score (nSPS) is 10.2. The molecule has 0 saturated carbocycles. The third kappa shape index (κ3) is 4.70. The molecule has 0 fully saturated rings. The van der Waals surface area contributed by atoms with Crippen LogP contribution >= 0.6 is 0 Å². The lowest BCUT2D eigenvalue weighted by Crippen LogP contribution is -2.15. The summed E-state index contributed by atoms with van der Waals surface area (Å²) < 4.78 is 5.57. The lowest BCUT2D eigenvalue weighted by atomic mass is 10.1. The van der Waals surface area contributed by atoms with E-state index in [2.05, 4.69) is 20.8 Å². The molecular weight excluding hydrogens is 356 g/mol. The van der Waals surface area contributed by atoms with Crippen LogP contribution in [0.3, 0.4) is 0 Å². The molecular formula is C21H20N4O3. The number of benzene rings is 2. The van der Waals surface area contributed by atoms with Crippen molar-refractivity contribution in [2.75, 3.05) is 17.2 Å². The molecule has 0 saturated heterocycles. The highest BCUT2D eigenvalue weighted by Crippen LogP contribution is 2.26. The van der Waals surface area contributed by atoms with E-state index >= 15 is 0 Å². The minimum Gasteiger partial charge on any atom is -0.492 e. The second-order valence-corrected chi connectivity index (χ2v) is 5.95. The van der Waals surface area contributed by atoms with Gasteiger partial charge in [0.2, 0.25) is 0 Å². The Hall–Kier alpha value is -3.74. The highest BCUT2D eigenvalue weighted by atomic mass is 16.5. The Kier molecular flexibility index (Phi) is 5.96. The van der Waals surface area contributed by atoms with E-state index in [1.165, 1.54) is 6.92 Å². The van der Waals surface area contributed by atoms with E-state index in [-0.39, 0.29) is 11.5 Å². The third-order valence-corrected chi connectivity index (χ3v) is 3.87. The number of hydrogen-bond acceptors (Lipinski definition) is 6. The van der Waals surface area contributed by atoms with Crippen LogP contribution in [0.5, 0.6) is 5.75 Å². The lowest BCUT2D eigenvalue weighted by molar-refractivity contribution is 0.100. The monoisotopic (exact) mass is 376 g/mol. The largest absolute Gasteiger partial charge is 0.492 e. The molecule has 7 heteroatoms. The van der Waals surface area contributed by atoms with Crippen molar-refractivity contribution in [3.05, 3.63) is 71.9 Å². The molecule has 0 bridgehead atoms. The highest BCUT2D eigenvalue weighted by Gasteiger charge is 2.11. The highest BCUT2D eigenvalue weighted by molar-refractivity contribution is 6.03. The molecule has 1 heterocycles. The minimum absolute atomic E-state index is 0.0707. The number of aromatic nitrogens is 2. The summed E-state index contributed by atoms with van der Waals surface area (Å²) in [4.78, 5) is 23.8. The van der Waals surface area contributed by atoms with Gasteiger partial charge in [0, 0.05) is 11.3 Å². The number of carbonyl (C=O) groups excluding carboxylic acids is 2. The summed E-state index contributed by atoms with van der Waals surface area (Å²) in [5.74, 6) is 0.717. The second-order valence-electron chi connectivity index (χ2n) is 5.95. The fourth-order valence-electron chi connectivity index (χ4n) is 2.52. The average Bonchev–Trinajstić information content (AvgIpc) is 2.70. The number of ketones is 1. The van der Waals surface area contributed by atoms with Crippen molar-refractivity contribution in [2.45, 2.75) is 13.8 Å². The molecule has 28 heavy (non-hydrogen) atoms. The number of anilines is 3. The molecule has 0 atom stereocenters. The van der Waals surface area contributed by atoms with E-state index in [9.17, 15) is 9.59 Å². The van der Waals surface area contributed by atoms with E-state index in [0.717, 1.165) is 5.69 Å². The van der Waals surface area contributed by atoms with Gasteiger partial charge in [0.15, 0.2) is 17.3 Å². The number of nitrogens with one attached hydrogen (secondary N) is 2. The standard InChI is InChI=1S/C21H20N4O3/c1-3-28-19-10-5-4-9-17(19)23-20-12-11-18(24-25-20)21(27)22-16-8-6-7-15(13-16)14(2)26/h4-13H,3H2,1-2H3,(H,22,27)(H,23,25). The number of para-hydroxylation sites is 2. The maximum atomic E-state index is 12.4. The number of nitrogens with zero attached hydrogens (tertiary/aromatic N) is 2. The van der Waals surface area contributed by atoms with E-state index in [1.54, 1.807) is 36.4 Å². The summed E-state index contributed by atoms with van der Waals surface area (Å²) >= 11 is 0. The predicted molar refractivity (Wildman–Crippen MR) is 107 cm³/mol. The van der Waals surface area contributed by atoms with Crippen LogP contribution in [0.2, 0.25) is 0 Å². The Bertz CT molecular complexity index is 987. The topological polar surface area (TPSA) is 93.2 Å². The number of rotatable bonds is 7. The van der Waals surface area contributed by atoms with E-state index in [4.69, 9.17) is 4.74 Å². The first-order valence-corrected chi connectivity index (χ1v) is 8.81. The van der Waals surface area contributed by atoms with Crippen LogP contribution in [0.1, 0.15) is 34.7 Å². The van der Waals surface area contributed by atoms with E-state index < -0.39 is 5.91 Å². The number of carbonyl (C=O) groups is 2. The van der Waals surface area contributed by atoms with Gasteiger partial charge in [-0.05, 0) is 50.2 Å². The van der Waals surface area contributed by atoms with Crippen molar-refractivity contribution in [1.82, 2.24) is 10.2 Å². The van der Waals surface area contributed by atoms with Gasteiger partial charge in [-0.3, -0.25) is 9.59 Å². The van der Waals surface area contributed by atoms with Gasteiger partial charge in [-0.15, -0.1) is 10.2 Å². The molecule has 2 N–H and O–H groups in total. The van der Waals surface area contributed by atoms with Crippen molar-refractivity contribution in [2.24, 2.45) is 0 Å².